The van der Waals surface area contributed by atoms with Crippen LogP contribution in [0.5, 0.6) is 0 Å². The number of hydrogen-bond donors (Lipinski definition) is 4. The van der Waals surface area contributed by atoms with Crippen molar-refractivity contribution in [3.8, 4) is 0 Å². The molecule has 0 aliphatic heterocycles. The van der Waals surface area contributed by atoms with Crippen LogP contribution in [0, 0.1) is 22.0 Å². The average molecular weight is 281 g/mol. The maximum absolute atomic E-state index is 11.0. The van der Waals surface area contributed by atoms with Crippen LogP contribution in [0.1, 0.15) is 19.3 Å². The molecule has 5 N–H and O–H groups in total. The predicted molar refractivity (Wildman–Crippen MR) is 75.1 cm³/mol. The van der Waals surface area contributed by atoms with Crippen molar-refractivity contribution in [2.45, 2.75) is 19.3 Å². The van der Waals surface area contributed by atoms with Crippen molar-refractivity contribution >= 4 is 17.3 Å². The summed E-state index contributed by atoms with van der Waals surface area (Å²) in [5, 5.41) is 23.3. The zero-order chi connectivity index (χ0) is 14.5. The third-order valence-corrected chi connectivity index (χ3v) is 3.80. The van der Waals surface area contributed by atoms with Crippen molar-refractivity contribution in [2.75, 3.05) is 23.9 Å². The Morgan fingerprint density at radius 2 is 2.20 bits per heavy atom. The summed E-state index contributed by atoms with van der Waals surface area (Å²) in [5.74, 6) is 6.41. The third kappa shape index (κ3) is 3.14. The Kier molecular flexibility index (Phi) is 4.70. The van der Waals surface area contributed by atoms with Crippen LogP contribution in [0.4, 0.5) is 17.3 Å². The molecule has 2 atom stereocenters. The number of nitrogen functional groups attached to an aromatic ring is 1. The van der Waals surface area contributed by atoms with Gasteiger partial charge in [-0.1, -0.05) is 6.42 Å². The smallest absolute Gasteiger partial charge is 0.311 e. The van der Waals surface area contributed by atoms with Crippen LogP contribution < -0.4 is 16.6 Å². The van der Waals surface area contributed by atoms with E-state index in [1.165, 1.54) is 12.1 Å². The lowest BCUT2D eigenvalue weighted by Gasteiger charge is -2.18. The van der Waals surface area contributed by atoms with E-state index in [2.05, 4.69) is 15.7 Å². The quantitative estimate of drug-likeness (QED) is 0.349. The fourth-order valence-corrected chi connectivity index (χ4v) is 2.66. The SMILES string of the molecule is NNc1ccc([N+](=O)[O-])c(NCC2CCCC2CO)n1. The maximum atomic E-state index is 11.0. The highest BCUT2D eigenvalue weighted by atomic mass is 16.6. The van der Waals surface area contributed by atoms with E-state index in [9.17, 15) is 15.2 Å². The fraction of sp³-hybridized carbons (Fsp3) is 0.583. The minimum Gasteiger partial charge on any atom is -0.396 e. The first-order valence-corrected chi connectivity index (χ1v) is 6.62. The van der Waals surface area contributed by atoms with Gasteiger partial charge in [0.25, 0.3) is 0 Å². The predicted octanol–water partition coefficient (Wildman–Crippen LogP) is 1.10. The molecule has 8 heteroatoms. The summed E-state index contributed by atoms with van der Waals surface area (Å²) in [4.78, 5) is 14.6. The van der Waals surface area contributed by atoms with E-state index in [0.29, 0.717) is 18.3 Å². The highest BCUT2D eigenvalue weighted by molar-refractivity contribution is 5.60. The van der Waals surface area contributed by atoms with Gasteiger partial charge in [0.2, 0.25) is 5.82 Å². The number of nitrogens with two attached hydrogens (primary N) is 1. The molecule has 2 unspecified atom stereocenters. The highest BCUT2D eigenvalue weighted by Crippen LogP contribution is 2.32. The number of aromatic nitrogens is 1. The van der Waals surface area contributed by atoms with E-state index < -0.39 is 4.92 Å². The first-order chi connectivity index (χ1) is 9.65. The van der Waals surface area contributed by atoms with Crippen molar-refractivity contribution in [2.24, 2.45) is 17.7 Å². The molecule has 1 aromatic heterocycles. The molecular weight excluding hydrogens is 262 g/mol. The summed E-state index contributed by atoms with van der Waals surface area (Å²) in [6.07, 6.45) is 3.10. The Hall–Kier alpha value is -1.93. The number of anilines is 2. The van der Waals surface area contributed by atoms with E-state index >= 15 is 0 Å². The molecule has 0 spiro atoms. The van der Waals surface area contributed by atoms with Gasteiger partial charge in [-0.05, 0) is 30.7 Å². The Morgan fingerprint density at radius 3 is 2.85 bits per heavy atom. The summed E-state index contributed by atoms with van der Waals surface area (Å²) in [6, 6.07) is 2.82. The molecule has 0 radical (unpaired) electrons. The zero-order valence-corrected chi connectivity index (χ0v) is 11.1. The molecule has 2 rings (SSSR count). The molecule has 1 heterocycles. The van der Waals surface area contributed by atoms with Gasteiger partial charge in [0.1, 0.15) is 5.82 Å². The molecule has 0 saturated heterocycles. The average Bonchev–Trinajstić information content (AvgIpc) is 2.91. The Morgan fingerprint density at radius 1 is 1.45 bits per heavy atom. The summed E-state index contributed by atoms with van der Waals surface area (Å²) >= 11 is 0. The van der Waals surface area contributed by atoms with Crippen LogP contribution in [-0.4, -0.2) is 28.2 Å². The minimum atomic E-state index is -0.478. The van der Waals surface area contributed by atoms with Gasteiger partial charge < -0.3 is 15.8 Å². The molecule has 110 valence electrons. The van der Waals surface area contributed by atoms with Gasteiger partial charge in [-0.25, -0.2) is 10.8 Å². The van der Waals surface area contributed by atoms with E-state index in [1.54, 1.807) is 0 Å². The summed E-state index contributed by atoms with van der Waals surface area (Å²) < 4.78 is 0. The molecule has 0 bridgehead atoms. The molecule has 1 fully saturated rings. The first-order valence-electron chi connectivity index (χ1n) is 6.62. The number of pyridine rings is 1. The molecule has 8 nitrogen and oxygen atoms in total. The van der Waals surface area contributed by atoms with E-state index in [-0.39, 0.29) is 24.0 Å². The van der Waals surface area contributed by atoms with Gasteiger partial charge in [-0.2, -0.15) is 0 Å². The lowest BCUT2D eigenvalue weighted by Crippen LogP contribution is -2.22. The molecule has 0 amide bonds. The van der Waals surface area contributed by atoms with Gasteiger partial charge >= 0.3 is 5.69 Å². The van der Waals surface area contributed by atoms with E-state index in [1.807, 2.05) is 0 Å². The van der Waals surface area contributed by atoms with E-state index in [0.717, 1.165) is 19.3 Å². The van der Waals surface area contributed by atoms with Gasteiger partial charge in [-0.3, -0.25) is 10.1 Å². The van der Waals surface area contributed by atoms with Gasteiger partial charge in [0, 0.05) is 19.2 Å². The van der Waals surface area contributed by atoms with Crippen molar-refractivity contribution in [3.05, 3.63) is 22.2 Å². The number of aliphatic hydroxyl groups is 1. The summed E-state index contributed by atoms with van der Waals surface area (Å²) in [7, 11) is 0. The minimum absolute atomic E-state index is 0.0810. The number of nitrogens with zero attached hydrogens (tertiary/aromatic N) is 2. The van der Waals surface area contributed by atoms with Gasteiger partial charge in [0.05, 0.1) is 4.92 Å². The number of rotatable bonds is 6. The lowest BCUT2D eigenvalue weighted by atomic mass is 9.97. The largest absolute Gasteiger partial charge is 0.396 e. The zero-order valence-electron chi connectivity index (χ0n) is 11.1. The van der Waals surface area contributed by atoms with Crippen LogP contribution >= 0.6 is 0 Å². The Bertz CT molecular complexity index is 482. The number of nitro groups is 1. The number of hydrogen-bond acceptors (Lipinski definition) is 7. The number of nitrogens with one attached hydrogen (secondary N) is 2. The van der Waals surface area contributed by atoms with Crippen LogP contribution in [0.3, 0.4) is 0 Å². The van der Waals surface area contributed by atoms with Crippen LogP contribution in [-0.2, 0) is 0 Å². The topological polar surface area (TPSA) is 126 Å². The maximum Gasteiger partial charge on any atom is 0.311 e. The number of hydrazine groups is 1. The second-order valence-electron chi connectivity index (χ2n) is 4.98. The van der Waals surface area contributed by atoms with Crippen molar-refractivity contribution in [1.82, 2.24) is 4.98 Å². The molecule has 20 heavy (non-hydrogen) atoms. The summed E-state index contributed by atoms with van der Waals surface area (Å²) in [5.41, 5.74) is 2.29. The first kappa shape index (κ1) is 14.5. The van der Waals surface area contributed by atoms with Gasteiger partial charge in [-0.15, -0.1) is 0 Å². The van der Waals surface area contributed by atoms with Crippen molar-refractivity contribution in [1.29, 1.82) is 0 Å². The molecule has 0 aromatic carbocycles. The third-order valence-electron chi connectivity index (χ3n) is 3.80. The van der Waals surface area contributed by atoms with Crippen LogP contribution in [0.2, 0.25) is 0 Å². The molecule has 1 aliphatic carbocycles. The fourth-order valence-electron chi connectivity index (χ4n) is 2.66. The van der Waals surface area contributed by atoms with Crippen LogP contribution in [0.25, 0.3) is 0 Å². The second-order valence-corrected chi connectivity index (χ2v) is 4.98. The van der Waals surface area contributed by atoms with E-state index in [4.69, 9.17) is 5.84 Å². The van der Waals surface area contributed by atoms with Crippen molar-refractivity contribution in [3.63, 3.8) is 0 Å². The molecule has 1 saturated carbocycles. The Balaban J connectivity index is 2.09. The molecule has 1 aliphatic rings. The summed E-state index contributed by atoms with van der Waals surface area (Å²) in [6.45, 7) is 0.722. The molecular formula is C12H19N5O3. The highest BCUT2D eigenvalue weighted by Gasteiger charge is 2.27. The molecule has 1 aromatic rings. The van der Waals surface area contributed by atoms with Gasteiger partial charge in [0.15, 0.2) is 0 Å². The van der Waals surface area contributed by atoms with Crippen LogP contribution in [0.15, 0.2) is 12.1 Å². The Labute approximate surface area is 116 Å². The lowest BCUT2D eigenvalue weighted by molar-refractivity contribution is -0.384. The van der Waals surface area contributed by atoms with Crippen molar-refractivity contribution < 1.29 is 10.0 Å². The number of aliphatic hydroxyl groups excluding tert-OH is 1. The monoisotopic (exact) mass is 281 g/mol. The second kappa shape index (κ2) is 6.49. The normalized spacial score (nSPS) is 21.7. The standard InChI is InChI=1S/C12H19N5O3/c13-16-11-5-4-10(17(19)20)12(15-11)14-6-8-2-1-3-9(8)7-18/h4-5,8-9,18H,1-3,6-7,13H2,(H2,14,15,16).